The summed E-state index contributed by atoms with van der Waals surface area (Å²) in [6.45, 7) is 3.51. The second kappa shape index (κ2) is 4.91. The average Bonchev–Trinajstić information content (AvgIpc) is 2.21. The van der Waals surface area contributed by atoms with E-state index in [0.717, 1.165) is 26.1 Å². The van der Waals surface area contributed by atoms with E-state index in [9.17, 15) is 0 Å². The molecule has 0 aliphatic carbocycles. The summed E-state index contributed by atoms with van der Waals surface area (Å²) in [5.74, 6) is 0. The highest BCUT2D eigenvalue weighted by Crippen LogP contribution is 2.14. The fourth-order valence-corrected chi connectivity index (χ4v) is 1.57. The highest BCUT2D eigenvalue weighted by molar-refractivity contribution is 4.64. The van der Waals surface area contributed by atoms with Crippen LogP contribution >= 0.6 is 0 Å². The second-order valence-corrected chi connectivity index (χ2v) is 3.32. The molecule has 0 aromatic heterocycles. The molecule has 0 N–H and O–H groups in total. The van der Waals surface area contributed by atoms with Crippen LogP contribution in [0.2, 0.25) is 0 Å². The van der Waals surface area contributed by atoms with Gasteiger partial charge in [-0.05, 0) is 12.8 Å². The van der Waals surface area contributed by atoms with Gasteiger partial charge in [0.15, 0.2) is 6.29 Å². The van der Waals surface area contributed by atoms with E-state index in [4.69, 9.17) is 18.9 Å². The number of hydrogen-bond donors (Lipinski definition) is 0. The summed E-state index contributed by atoms with van der Waals surface area (Å²) in [6.07, 6.45) is 2.08. The van der Waals surface area contributed by atoms with Gasteiger partial charge in [0.1, 0.15) is 0 Å². The lowest BCUT2D eigenvalue weighted by atomic mass is 10.1. The molecule has 4 heteroatoms. The van der Waals surface area contributed by atoms with Crippen LogP contribution < -0.4 is 0 Å². The highest BCUT2D eigenvalue weighted by atomic mass is 16.7. The van der Waals surface area contributed by atoms with E-state index in [1.807, 2.05) is 0 Å². The minimum Gasteiger partial charge on any atom is -0.381 e. The predicted molar refractivity (Wildman–Crippen MR) is 45.5 cm³/mol. The van der Waals surface area contributed by atoms with Crippen LogP contribution in [0.15, 0.2) is 0 Å². The van der Waals surface area contributed by atoms with Crippen molar-refractivity contribution < 1.29 is 18.9 Å². The average molecular weight is 188 g/mol. The molecule has 0 amide bonds. The lowest BCUT2D eigenvalue weighted by molar-refractivity contribution is -0.237. The molecule has 0 spiro atoms. The van der Waals surface area contributed by atoms with Crippen LogP contribution in [0.1, 0.15) is 12.8 Å². The summed E-state index contributed by atoms with van der Waals surface area (Å²) >= 11 is 0. The first kappa shape index (κ1) is 9.40. The lowest BCUT2D eigenvalue weighted by Crippen LogP contribution is -2.36. The number of ether oxygens (including phenoxy) is 4. The Labute approximate surface area is 78.1 Å². The fraction of sp³-hybridized carbons (Fsp3) is 1.00. The highest BCUT2D eigenvalue weighted by Gasteiger charge is 2.21. The summed E-state index contributed by atoms with van der Waals surface area (Å²) in [7, 11) is 0. The van der Waals surface area contributed by atoms with Crippen molar-refractivity contribution in [3.05, 3.63) is 0 Å². The Morgan fingerprint density at radius 2 is 1.77 bits per heavy atom. The van der Waals surface area contributed by atoms with Crippen molar-refractivity contribution in [2.75, 3.05) is 33.0 Å². The van der Waals surface area contributed by atoms with Gasteiger partial charge in [-0.25, -0.2) is 0 Å². The van der Waals surface area contributed by atoms with Crippen LogP contribution in [0.3, 0.4) is 0 Å². The predicted octanol–water partition coefficient (Wildman–Crippen LogP) is 0.555. The Kier molecular flexibility index (Phi) is 3.55. The maximum atomic E-state index is 5.70. The Bertz CT molecular complexity index is 123. The van der Waals surface area contributed by atoms with Gasteiger partial charge in [-0.2, -0.15) is 0 Å². The van der Waals surface area contributed by atoms with Gasteiger partial charge >= 0.3 is 0 Å². The molecule has 0 aromatic carbocycles. The third-order valence-corrected chi connectivity index (χ3v) is 2.30. The van der Waals surface area contributed by atoms with E-state index < -0.39 is 0 Å². The third kappa shape index (κ3) is 2.91. The first-order chi connectivity index (χ1) is 6.45. The van der Waals surface area contributed by atoms with Crippen LogP contribution in [0, 0.1) is 0 Å². The topological polar surface area (TPSA) is 36.9 Å². The van der Waals surface area contributed by atoms with Gasteiger partial charge in [0.2, 0.25) is 0 Å². The van der Waals surface area contributed by atoms with Crippen LogP contribution in [0.4, 0.5) is 0 Å². The van der Waals surface area contributed by atoms with Crippen molar-refractivity contribution in [1.29, 1.82) is 0 Å². The van der Waals surface area contributed by atoms with Crippen molar-refractivity contribution in [2.45, 2.75) is 25.2 Å². The second-order valence-electron chi connectivity index (χ2n) is 3.32. The van der Waals surface area contributed by atoms with Crippen molar-refractivity contribution in [2.24, 2.45) is 0 Å². The Hall–Kier alpha value is -0.160. The molecule has 2 rings (SSSR count). The molecule has 0 radical (unpaired) electrons. The SMILES string of the molecule is C1CC(OC2COCCO2)CCO1. The van der Waals surface area contributed by atoms with Crippen molar-refractivity contribution in [1.82, 2.24) is 0 Å². The van der Waals surface area contributed by atoms with Gasteiger partial charge in [0.05, 0.1) is 25.9 Å². The summed E-state index contributed by atoms with van der Waals surface area (Å²) < 4.78 is 21.6. The van der Waals surface area contributed by atoms with E-state index in [1.165, 1.54) is 0 Å². The lowest BCUT2D eigenvalue weighted by Gasteiger charge is -2.29. The first-order valence-corrected chi connectivity index (χ1v) is 4.88. The van der Waals surface area contributed by atoms with Crippen molar-refractivity contribution in [3.63, 3.8) is 0 Å². The van der Waals surface area contributed by atoms with E-state index >= 15 is 0 Å². The molecular weight excluding hydrogens is 172 g/mol. The monoisotopic (exact) mass is 188 g/mol. The van der Waals surface area contributed by atoms with E-state index in [0.29, 0.717) is 25.9 Å². The number of hydrogen-bond acceptors (Lipinski definition) is 4. The van der Waals surface area contributed by atoms with Crippen LogP contribution in [-0.2, 0) is 18.9 Å². The normalized spacial score (nSPS) is 31.8. The molecule has 1 unspecified atom stereocenters. The summed E-state index contributed by atoms with van der Waals surface area (Å²) in [5.41, 5.74) is 0. The van der Waals surface area contributed by atoms with Gasteiger partial charge in [0, 0.05) is 13.2 Å². The summed E-state index contributed by atoms with van der Waals surface area (Å²) in [4.78, 5) is 0. The molecular formula is C9H16O4. The van der Waals surface area contributed by atoms with E-state index in [1.54, 1.807) is 0 Å². The molecule has 2 aliphatic rings. The molecule has 0 aromatic rings. The van der Waals surface area contributed by atoms with Gasteiger partial charge in [0.25, 0.3) is 0 Å². The molecule has 2 aliphatic heterocycles. The minimum atomic E-state index is -0.156. The molecule has 1 atom stereocenters. The third-order valence-electron chi connectivity index (χ3n) is 2.30. The number of rotatable bonds is 2. The zero-order chi connectivity index (χ0) is 8.93. The standard InChI is InChI=1S/C9H16O4/c1-3-10-4-2-8(1)13-9-7-11-5-6-12-9/h8-9H,1-7H2. The van der Waals surface area contributed by atoms with E-state index in [2.05, 4.69) is 0 Å². The van der Waals surface area contributed by atoms with Crippen molar-refractivity contribution in [3.8, 4) is 0 Å². The summed E-state index contributed by atoms with van der Waals surface area (Å²) in [6, 6.07) is 0. The van der Waals surface area contributed by atoms with Gasteiger partial charge in [-0.15, -0.1) is 0 Å². The van der Waals surface area contributed by atoms with Crippen molar-refractivity contribution >= 4 is 0 Å². The summed E-state index contributed by atoms with van der Waals surface area (Å²) in [5, 5.41) is 0. The zero-order valence-electron chi connectivity index (χ0n) is 7.74. The van der Waals surface area contributed by atoms with Gasteiger partial charge in [-0.1, -0.05) is 0 Å². The quantitative estimate of drug-likeness (QED) is 0.634. The maximum Gasteiger partial charge on any atom is 0.181 e. The first-order valence-electron chi connectivity index (χ1n) is 4.88. The molecule has 4 nitrogen and oxygen atoms in total. The largest absolute Gasteiger partial charge is 0.381 e. The Morgan fingerprint density at radius 1 is 0.923 bits per heavy atom. The Balaban J connectivity index is 1.69. The molecule has 0 bridgehead atoms. The smallest absolute Gasteiger partial charge is 0.181 e. The molecule has 13 heavy (non-hydrogen) atoms. The zero-order valence-corrected chi connectivity index (χ0v) is 7.74. The van der Waals surface area contributed by atoms with Gasteiger partial charge < -0.3 is 18.9 Å². The molecule has 76 valence electrons. The molecule has 2 fully saturated rings. The van der Waals surface area contributed by atoms with Crippen LogP contribution in [0.25, 0.3) is 0 Å². The fourth-order valence-electron chi connectivity index (χ4n) is 1.57. The maximum absolute atomic E-state index is 5.70. The molecule has 0 saturated carbocycles. The van der Waals surface area contributed by atoms with Crippen LogP contribution in [0.5, 0.6) is 0 Å². The van der Waals surface area contributed by atoms with Crippen LogP contribution in [-0.4, -0.2) is 45.4 Å². The minimum absolute atomic E-state index is 0.156. The van der Waals surface area contributed by atoms with Gasteiger partial charge in [-0.3, -0.25) is 0 Å². The molecule has 2 saturated heterocycles. The Morgan fingerprint density at radius 3 is 2.46 bits per heavy atom. The molecule has 2 heterocycles. The van der Waals surface area contributed by atoms with E-state index in [-0.39, 0.29) is 6.29 Å².